The van der Waals surface area contributed by atoms with Gasteiger partial charge in [0.15, 0.2) is 0 Å². The fourth-order valence-corrected chi connectivity index (χ4v) is 2.90. The maximum atomic E-state index is 5.48. The number of ether oxygens (including phenoxy) is 1. The van der Waals surface area contributed by atoms with Crippen LogP contribution in [0.3, 0.4) is 0 Å². The third-order valence-corrected chi connectivity index (χ3v) is 4.66. The molecule has 0 saturated carbocycles. The fraction of sp³-hybridized carbons (Fsp3) is 0.0588. The van der Waals surface area contributed by atoms with E-state index in [0.717, 1.165) is 20.3 Å². The van der Waals surface area contributed by atoms with Crippen molar-refractivity contribution in [2.24, 2.45) is 0 Å². The third kappa shape index (κ3) is 4.59. The summed E-state index contributed by atoms with van der Waals surface area (Å²) in [6.45, 7) is 0. The first-order valence-corrected chi connectivity index (χ1v) is 9.28. The van der Waals surface area contributed by atoms with Gasteiger partial charge >= 0.3 is 0 Å². The number of halogens is 2. The van der Waals surface area contributed by atoms with E-state index in [-0.39, 0.29) is 0 Å². The van der Waals surface area contributed by atoms with E-state index in [1.165, 1.54) is 0 Å². The zero-order valence-corrected chi connectivity index (χ0v) is 17.1. The molecule has 0 atom stereocenters. The van der Waals surface area contributed by atoms with Gasteiger partial charge in [-0.2, -0.15) is 4.98 Å². The molecular formula is C17H14Br2N4OS. The van der Waals surface area contributed by atoms with Gasteiger partial charge in [0, 0.05) is 20.3 Å². The van der Waals surface area contributed by atoms with Crippen molar-refractivity contribution in [3.8, 4) is 5.88 Å². The summed E-state index contributed by atoms with van der Waals surface area (Å²) in [7, 11) is 1.56. The van der Waals surface area contributed by atoms with Crippen LogP contribution in [0.15, 0.2) is 57.5 Å². The normalized spacial score (nSPS) is 10.4. The van der Waals surface area contributed by atoms with E-state index < -0.39 is 0 Å². The second kappa shape index (κ2) is 7.99. The highest BCUT2D eigenvalue weighted by atomic mass is 79.9. The molecular weight excluding hydrogens is 468 g/mol. The van der Waals surface area contributed by atoms with Crippen LogP contribution in [-0.2, 0) is 0 Å². The highest BCUT2D eigenvalue weighted by Crippen LogP contribution is 2.24. The van der Waals surface area contributed by atoms with Gasteiger partial charge in [-0.1, -0.05) is 44.1 Å². The quantitative estimate of drug-likeness (QED) is 0.421. The minimum Gasteiger partial charge on any atom is -0.479 e. The molecule has 0 saturated heterocycles. The molecule has 0 fully saturated rings. The predicted molar refractivity (Wildman–Crippen MR) is 112 cm³/mol. The van der Waals surface area contributed by atoms with E-state index in [1.54, 1.807) is 7.11 Å². The number of rotatable bonds is 5. The van der Waals surface area contributed by atoms with Crippen molar-refractivity contribution in [1.29, 1.82) is 0 Å². The van der Waals surface area contributed by atoms with E-state index in [4.69, 9.17) is 17.0 Å². The maximum absolute atomic E-state index is 5.48. The Kier molecular flexibility index (Phi) is 5.72. The Morgan fingerprint density at radius 2 is 1.56 bits per heavy atom. The highest BCUT2D eigenvalue weighted by molar-refractivity contribution is 9.10. The molecule has 0 aliphatic rings. The van der Waals surface area contributed by atoms with Gasteiger partial charge in [0.2, 0.25) is 11.8 Å². The second-order valence-corrected chi connectivity index (χ2v) is 7.30. The van der Waals surface area contributed by atoms with E-state index in [0.29, 0.717) is 22.5 Å². The zero-order chi connectivity index (χ0) is 17.8. The Labute approximate surface area is 167 Å². The van der Waals surface area contributed by atoms with Crippen molar-refractivity contribution >= 4 is 66.4 Å². The lowest BCUT2D eigenvalue weighted by atomic mass is 10.3. The topological polar surface area (TPSA) is 62.0 Å². The van der Waals surface area contributed by atoms with Gasteiger partial charge < -0.3 is 20.4 Å². The molecule has 0 bridgehead atoms. The lowest BCUT2D eigenvalue weighted by Gasteiger charge is -2.07. The highest BCUT2D eigenvalue weighted by Gasteiger charge is 2.15. The Balaban J connectivity index is 1.78. The Morgan fingerprint density at radius 3 is 2.12 bits per heavy atom. The zero-order valence-electron chi connectivity index (χ0n) is 13.1. The number of thiocarbonyl (C=S) groups is 1. The molecule has 0 unspecified atom stereocenters. The summed E-state index contributed by atoms with van der Waals surface area (Å²) >= 11 is 12.3. The average Bonchev–Trinajstić information content (AvgIpc) is 3.02. The minimum absolute atomic E-state index is 0.425. The molecule has 128 valence electrons. The Morgan fingerprint density at radius 1 is 1.00 bits per heavy atom. The van der Waals surface area contributed by atoms with Crippen LogP contribution in [0.1, 0.15) is 5.69 Å². The Hall–Kier alpha value is -1.90. The summed E-state index contributed by atoms with van der Waals surface area (Å²) in [5, 5.41) is 6.36. The largest absolute Gasteiger partial charge is 0.479 e. The first kappa shape index (κ1) is 17.9. The monoisotopic (exact) mass is 480 g/mol. The number of benzene rings is 2. The van der Waals surface area contributed by atoms with Gasteiger partial charge in [0.05, 0.1) is 7.11 Å². The molecule has 1 aromatic heterocycles. The van der Waals surface area contributed by atoms with E-state index in [1.807, 2.05) is 48.5 Å². The van der Waals surface area contributed by atoms with Crippen LogP contribution < -0.4 is 15.4 Å². The van der Waals surface area contributed by atoms with Gasteiger partial charge in [-0.25, -0.2) is 0 Å². The lowest BCUT2D eigenvalue weighted by molar-refractivity contribution is 0.399. The van der Waals surface area contributed by atoms with Gasteiger partial charge in [-0.15, -0.1) is 0 Å². The molecule has 3 N–H and O–H groups in total. The molecule has 3 rings (SSSR count). The molecule has 1 heterocycles. The van der Waals surface area contributed by atoms with Crippen LogP contribution in [0.5, 0.6) is 5.88 Å². The summed E-state index contributed by atoms with van der Waals surface area (Å²) in [6.07, 6.45) is 0. The van der Waals surface area contributed by atoms with Crippen LogP contribution in [0.25, 0.3) is 0 Å². The third-order valence-electron chi connectivity index (χ3n) is 3.30. The number of aromatic amines is 1. The van der Waals surface area contributed by atoms with Gasteiger partial charge in [0.25, 0.3) is 0 Å². The SMILES string of the molecule is COc1nc(Nc2ccc(Br)cc2)[nH]c1C(=S)Nc1ccc(Br)cc1. The number of hydrogen-bond acceptors (Lipinski definition) is 4. The molecule has 0 radical (unpaired) electrons. The van der Waals surface area contributed by atoms with Crippen LogP contribution in [0, 0.1) is 0 Å². The summed E-state index contributed by atoms with van der Waals surface area (Å²) in [4.78, 5) is 8.04. The molecule has 0 spiro atoms. The fourth-order valence-electron chi connectivity index (χ4n) is 2.11. The van der Waals surface area contributed by atoms with Gasteiger partial charge in [-0.05, 0) is 48.5 Å². The maximum Gasteiger partial charge on any atom is 0.243 e. The van der Waals surface area contributed by atoms with Gasteiger partial charge in [0.1, 0.15) is 10.7 Å². The number of methoxy groups -OCH3 is 1. The van der Waals surface area contributed by atoms with Crippen LogP contribution in [0.2, 0.25) is 0 Å². The van der Waals surface area contributed by atoms with Crippen molar-refractivity contribution in [1.82, 2.24) is 9.97 Å². The number of anilines is 3. The number of imidazole rings is 1. The van der Waals surface area contributed by atoms with Crippen molar-refractivity contribution < 1.29 is 4.74 Å². The molecule has 0 aliphatic heterocycles. The van der Waals surface area contributed by atoms with Gasteiger partial charge in [-0.3, -0.25) is 0 Å². The number of hydrogen-bond donors (Lipinski definition) is 3. The number of H-pyrrole nitrogens is 1. The summed E-state index contributed by atoms with van der Waals surface area (Å²) in [5.41, 5.74) is 2.39. The van der Waals surface area contributed by atoms with Crippen molar-refractivity contribution in [2.45, 2.75) is 0 Å². The molecule has 3 aromatic rings. The van der Waals surface area contributed by atoms with Crippen molar-refractivity contribution in [3.63, 3.8) is 0 Å². The molecule has 0 amide bonds. The first-order valence-electron chi connectivity index (χ1n) is 7.28. The van der Waals surface area contributed by atoms with Crippen LogP contribution >= 0.6 is 44.1 Å². The average molecular weight is 482 g/mol. The predicted octanol–water partition coefficient (Wildman–Crippen LogP) is 5.47. The number of nitrogens with zero attached hydrogens (tertiary/aromatic N) is 1. The molecule has 5 nitrogen and oxygen atoms in total. The number of aromatic nitrogens is 2. The molecule has 2 aromatic carbocycles. The lowest BCUT2D eigenvalue weighted by Crippen LogP contribution is -2.12. The summed E-state index contributed by atoms with van der Waals surface area (Å²) in [6, 6.07) is 15.5. The minimum atomic E-state index is 0.425. The second-order valence-electron chi connectivity index (χ2n) is 5.06. The smallest absolute Gasteiger partial charge is 0.243 e. The molecule has 0 aliphatic carbocycles. The summed E-state index contributed by atoms with van der Waals surface area (Å²) < 4.78 is 7.35. The van der Waals surface area contributed by atoms with Crippen LogP contribution in [0.4, 0.5) is 17.3 Å². The van der Waals surface area contributed by atoms with Crippen molar-refractivity contribution in [3.05, 3.63) is 63.2 Å². The molecule has 25 heavy (non-hydrogen) atoms. The van der Waals surface area contributed by atoms with Crippen LogP contribution in [-0.4, -0.2) is 22.1 Å². The van der Waals surface area contributed by atoms with E-state index >= 15 is 0 Å². The van der Waals surface area contributed by atoms with Crippen molar-refractivity contribution in [2.75, 3.05) is 17.7 Å². The standard InChI is InChI=1S/C17H14Br2N4OS/c1-24-15-14(16(25)20-12-6-2-10(18)3-7-12)22-17(23-15)21-13-8-4-11(19)5-9-13/h2-9H,1H3,(H,20,25)(H2,21,22,23). The molecule has 8 heteroatoms. The number of nitrogens with one attached hydrogen (secondary N) is 3. The first-order chi connectivity index (χ1) is 12.0. The van der Waals surface area contributed by atoms with E-state index in [2.05, 4.69) is 52.5 Å². The summed E-state index contributed by atoms with van der Waals surface area (Å²) in [5.74, 6) is 0.975. The Bertz CT molecular complexity index is 879. The van der Waals surface area contributed by atoms with E-state index in [9.17, 15) is 0 Å².